The molecule has 0 aromatic heterocycles. The second-order valence-corrected chi connectivity index (χ2v) is 7.51. The van der Waals surface area contributed by atoms with E-state index in [0.29, 0.717) is 12.0 Å². The zero-order valence-electron chi connectivity index (χ0n) is 16.5. The van der Waals surface area contributed by atoms with Crippen molar-refractivity contribution >= 4 is 5.78 Å². The first-order valence-electron chi connectivity index (χ1n) is 9.40. The molecule has 2 aromatic rings. The summed E-state index contributed by atoms with van der Waals surface area (Å²) in [4.78, 5) is 12.1. The van der Waals surface area contributed by atoms with Gasteiger partial charge in [-0.15, -0.1) is 0 Å². The molecule has 0 spiro atoms. The molecule has 0 heterocycles. The van der Waals surface area contributed by atoms with Gasteiger partial charge < -0.3 is 10.1 Å². The molecule has 0 bridgehead atoms. The summed E-state index contributed by atoms with van der Waals surface area (Å²) in [5.41, 5.74) is 6.88. The lowest BCUT2D eigenvalue weighted by atomic mass is 9.91. The van der Waals surface area contributed by atoms with Crippen molar-refractivity contribution in [1.82, 2.24) is 5.32 Å². The quantitative estimate of drug-likeness (QED) is 0.708. The Morgan fingerprint density at radius 3 is 2.35 bits per heavy atom. The van der Waals surface area contributed by atoms with Crippen LogP contribution in [0.15, 0.2) is 30.3 Å². The lowest BCUT2D eigenvalue weighted by Crippen LogP contribution is -2.24. The van der Waals surface area contributed by atoms with Gasteiger partial charge in [0.05, 0.1) is 7.11 Å². The first-order chi connectivity index (χ1) is 12.4. The number of hydrogen-bond donors (Lipinski definition) is 1. The highest BCUT2D eigenvalue weighted by Gasteiger charge is 2.32. The minimum atomic E-state index is 0.148. The number of carbonyl (C=O) groups is 1. The predicted octanol–water partition coefficient (Wildman–Crippen LogP) is 5.06. The first kappa shape index (κ1) is 18.7. The topological polar surface area (TPSA) is 38.3 Å². The van der Waals surface area contributed by atoms with Crippen LogP contribution in [0.2, 0.25) is 0 Å². The molecule has 1 fully saturated rings. The van der Waals surface area contributed by atoms with E-state index >= 15 is 0 Å². The molecule has 1 unspecified atom stereocenters. The van der Waals surface area contributed by atoms with Crippen LogP contribution in [0.25, 0.3) is 0 Å². The van der Waals surface area contributed by atoms with Crippen LogP contribution in [0.4, 0.5) is 0 Å². The molecule has 0 aliphatic heterocycles. The molecule has 2 aromatic carbocycles. The fourth-order valence-electron chi connectivity index (χ4n) is 4.05. The summed E-state index contributed by atoms with van der Waals surface area (Å²) in [5.74, 6) is 1.73. The fourth-order valence-corrected chi connectivity index (χ4v) is 4.05. The molecule has 1 N–H and O–H groups in total. The van der Waals surface area contributed by atoms with Gasteiger partial charge in [-0.2, -0.15) is 0 Å². The summed E-state index contributed by atoms with van der Waals surface area (Å²) in [6.45, 7) is 8.68. The number of benzene rings is 2. The van der Waals surface area contributed by atoms with Gasteiger partial charge in [0, 0.05) is 18.2 Å². The van der Waals surface area contributed by atoms with E-state index in [1.165, 1.54) is 29.5 Å². The van der Waals surface area contributed by atoms with Crippen molar-refractivity contribution < 1.29 is 9.53 Å². The van der Waals surface area contributed by atoms with E-state index in [1.807, 2.05) is 19.1 Å². The Labute approximate surface area is 156 Å². The number of ketones is 1. The van der Waals surface area contributed by atoms with E-state index in [2.05, 4.69) is 37.4 Å². The SMILES string of the molecule is COc1ccc(C(NCc2c(C)cc(C)c(C(C)=O)c2C)C2CC2)cc1. The molecule has 1 saturated carbocycles. The van der Waals surface area contributed by atoms with Crippen molar-refractivity contribution in [2.24, 2.45) is 5.92 Å². The minimum absolute atomic E-state index is 0.148. The van der Waals surface area contributed by atoms with Gasteiger partial charge in [-0.25, -0.2) is 0 Å². The Bertz CT molecular complexity index is 804. The molecular weight excluding hydrogens is 322 g/mol. The van der Waals surface area contributed by atoms with E-state index in [1.54, 1.807) is 14.0 Å². The van der Waals surface area contributed by atoms with Crippen LogP contribution in [-0.2, 0) is 6.54 Å². The Balaban J connectivity index is 1.84. The highest BCUT2D eigenvalue weighted by molar-refractivity contribution is 5.97. The summed E-state index contributed by atoms with van der Waals surface area (Å²) in [6.07, 6.45) is 2.54. The molecule has 0 amide bonds. The fraction of sp³-hybridized carbons (Fsp3) is 0.435. The standard InChI is InChI=1S/C23H29NO2/c1-14-12-15(2)22(17(4)25)16(3)21(14)13-24-23(18-6-7-18)19-8-10-20(26-5)11-9-19/h8-12,18,23-24H,6-7,13H2,1-5H3. The second kappa shape index (κ2) is 7.63. The van der Waals surface area contributed by atoms with Crippen LogP contribution in [0, 0.1) is 26.7 Å². The largest absolute Gasteiger partial charge is 0.497 e. The molecule has 3 nitrogen and oxygen atoms in total. The van der Waals surface area contributed by atoms with Crippen LogP contribution in [0.1, 0.15) is 64.0 Å². The molecule has 1 aliphatic rings. The van der Waals surface area contributed by atoms with Crippen LogP contribution >= 0.6 is 0 Å². The average Bonchev–Trinajstić information content (AvgIpc) is 3.42. The maximum absolute atomic E-state index is 12.1. The van der Waals surface area contributed by atoms with E-state index in [0.717, 1.165) is 29.0 Å². The Morgan fingerprint density at radius 2 is 1.81 bits per heavy atom. The lowest BCUT2D eigenvalue weighted by Gasteiger charge is -2.22. The molecule has 138 valence electrons. The molecule has 3 rings (SSSR count). The maximum atomic E-state index is 12.1. The van der Waals surface area contributed by atoms with Crippen molar-refractivity contribution in [2.75, 3.05) is 7.11 Å². The van der Waals surface area contributed by atoms with Gasteiger partial charge in [0.1, 0.15) is 5.75 Å². The summed E-state index contributed by atoms with van der Waals surface area (Å²) >= 11 is 0. The highest BCUT2D eigenvalue weighted by Crippen LogP contribution is 2.41. The third-order valence-corrected chi connectivity index (χ3v) is 5.55. The van der Waals surface area contributed by atoms with Gasteiger partial charge in [-0.1, -0.05) is 18.2 Å². The molecule has 0 radical (unpaired) electrons. The zero-order chi connectivity index (χ0) is 18.8. The normalized spacial score (nSPS) is 15.0. The summed E-state index contributed by atoms with van der Waals surface area (Å²) in [6, 6.07) is 10.9. The number of nitrogens with one attached hydrogen (secondary N) is 1. The van der Waals surface area contributed by atoms with Gasteiger partial charge in [0.15, 0.2) is 5.78 Å². The van der Waals surface area contributed by atoms with Gasteiger partial charge >= 0.3 is 0 Å². The van der Waals surface area contributed by atoms with Gasteiger partial charge in [0.2, 0.25) is 0 Å². The Kier molecular flexibility index (Phi) is 5.47. The van der Waals surface area contributed by atoms with Gasteiger partial charge in [-0.05, 0) is 86.4 Å². The van der Waals surface area contributed by atoms with Crippen LogP contribution in [-0.4, -0.2) is 12.9 Å². The number of ether oxygens (including phenoxy) is 1. The highest BCUT2D eigenvalue weighted by atomic mass is 16.5. The molecular formula is C23H29NO2. The number of methoxy groups -OCH3 is 1. The van der Waals surface area contributed by atoms with E-state index in [9.17, 15) is 4.79 Å². The van der Waals surface area contributed by atoms with E-state index < -0.39 is 0 Å². The van der Waals surface area contributed by atoms with Crippen molar-refractivity contribution in [3.05, 3.63) is 63.7 Å². The number of hydrogen-bond acceptors (Lipinski definition) is 3. The number of rotatable bonds is 7. The third kappa shape index (κ3) is 3.83. The van der Waals surface area contributed by atoms with Crippen LogP contribution in [0.3, 0.4) is 0 Å². The smallest absolute Gasteiger partial charge is 0.160 e. The monoisotopic (exact) mass is 351 g/mol. The summed E-state index contributed by atoms with van der Waals surface area (Å²) < 4.78 is 5.28. The molecule has 3 heteroatoms. The second-order valence-electron chi connectivity index (χ2n) is 7.51. The van der Waals surface area contributed by atoms with Crippen LogP contribution in [0.5, 0.6) is 5.75 Å². The molecule has 1 atom stereocenters. The Morgan fingerprint density at radius 1 is 1.15 bits per heavy atom. The van der Waals surface area contributed by atoms with Crippen LogP contribution < -0.4 is 10.1 Å². The van der Waals surface area contributed by atoms with E-state index in [-0.39, 0.29) is 5.78 Å². The third-order valence-electron chi connectivity index (χ3n) is 5.55. The van der Waals surface area contributed by atoms with Gasteiger partial charge in [0.25, 0.3) is 0 Å². The summed E-state index contributed by atoms with van der Waals surface area (Å²) in [7, 11) is 1.70. The molecule has 0 saturated heterocycles. The van der Waals surface area contributed by atoms with E-state index in [4.69, 9.17) is 4.74 Å². The average molecular weight is 351 g/mol. The maximum Gasteiger partial charge on any atom is 0.160 e. The van der Waals surface area contributed by atoms with Crippen molar-refractivity contribution in [3.8, 4) is 5.75 Å². The lowest BCUT2D eigenvalue weighted by molar-refractivity contribution is 0.101. The van der Waals surface area contributed by atoms with Crippen molar-refractivity contribution in [3.63, 3.8) is 0 Å². The Hall–Kier alpha value is -2.13. The van der Waals surface area contributed by atoms with Crippen molar-refractivity contribution in [2.45, 2.75) is 53.1 Å². The summed E-state index contributed by atoms with van der Waals surface area (Å²) in [5, 5.41) is 3.77. The zero-order valence-corrected chi connectivity index (χ0v) is 16.5. The molecule has 1 aliphatic carbocycles. The first-order valence-corrected chi connectivity index (χ1v) is 9.40. The minimum Gasteiger partial charge on any atom is -0.497 e. The number of carbonyl (C=O) groups excluding carboxylic acids is 1. The number of Topliss-reactive ketones (excluding diaryl/α,β-unsaturated/α-hetero) is 1. The molecule has 26 heavy (non-hydrogen) atoms. The number of aryl methyl sites for hydroxylation is 2. The predicted molar refractivity (Wildman–Crippen MR) is 106 cm³/mol. The van der Waals surface area contributed by atoms with Gasteiger partial charge in [-0.3, -0.25) is 4.79 Å². The van der Waals surface area contributed by atoms with Crippen molar-refractivity contribution in [1.29, 1.82) is 0 Å².